The second-order valence-electron chi connectivity index (χ2n) is 5.53. The van der Waals surface area contributed by atoms with Crippen LogP contribution in [0.25, 0.3) is 0 Å². The molecule has 3 rings (SSSR count). The van der Waals surface area contributed by atoms with Gasteiger partial charge < -0.3 is 10.6 Å². The van der Waals surface area contributed by atoms with Crippen LogP contribution in [0.4, 0.5) is 11.6 Å². The second kappa shape index (κ2) is 7.98. The SMILES string of the molecule is CC(=O)c1ccc(Nc2nccc(C(=O)NCc3ccccn3)n2)cc1. The van der Waals surface area contributed by atoms with Gasteiger partial charge in [0, 0.05) is 23.6 Å². The first-order valence-corrected chi connectivity index (χ1v) is 8.01. The fraction of sp³-hybridized carbons (Fsp3) is 0.105. The summed E-state index contributed by atoms with van der Waals surface area (Å²) in [7, 11) is 0. The van der Waals surface area contributed by atoms with Gasteiger partial charge in [-0.2, -0.15) is 0 Å². The highest BCUT2D eigenvalue weighted by atomic mass is 16.1. The average molecular weight is 347 g/mol. The summed E-state index contributed by atoms with van der Waals surface area (Å²) in [6.07, 6.45) is 3.18. The van der Waals surface area contributed by atoms with E-state index in [9.17, 15) is 9.59 Å². The summed E-state index contributed by atoms with van der Waals surface area (Å²) in [6, 6.07) is 14.0. The summed E-state index contributed by atoms with van der Waals surface area (Å²) in [5, 5.41) is 5.78. The molecule has 7 nitrogen and oxygen atoms in total. The number of anilines is 2. The van der Waals surface area contributed by atoms with E-state index in [4.69, 9.17) is 0 Å². The van der Waals surface area contributed by atoms with Gasteiger partial charge in [0.15, 0.2) is 5.78 Å². The number of carbonyl (C=O) groups excluding carboxylic acids is 2. The van der Waals surface area contributed by atoms with E-state index >= 15 is 0 Å². The highest BCUT2D eigenvalue weighted by Gasteiger charge is 2.09. The first-order chi connectivity index (χ1) is 12.6. The van der Waals surface area contributed by atoms with E-state index in [1.54, 1.807) is 30.5 Å². The van der Waals surface area contributed by atoms with Gasteiger partial charge >= 0.3 is 0 Å². The van der Waals surface area contributed by atoms with E-state index < -0.39 is 0 Å². The largest absolute Gasteiger partial charge is 0.345 e. The topological polar surface area (TPSA) is 96.9 Å². The Morgan fingerprint density at radius 1 is 0.962 bits per heavy atom. The molecule has 0 aliphatic rings. The molecule has 2 aromatic heterocycles. The molecule has 0 radical (unpaired) electrons. The van der Waals surface area contributed by atoms with Crippen molar-refractivity contribution in [1.29, 1.82) is 0 Å². The lowest BCUT2D eigenvalue weighted by atomic mass is 10.1. The Bertz CT molecular complexity index is 911. The maximum Gasteiger partial charge on any atom is 0.270 e. The number of ketones is 1. The number of nitrogens with one attached hydrogen (secondary N) is 2. The number of benzene rings is 1. The summed E-state index contributed by atoms with van der Waals surface area (Å²) in [4.78, 5) is 36.0. The minimum atomic E-state index is -0.312. The molecule has 2 N–H and O–H groups in total. The fourth-order valence-electron chi connectivity index (χ4n) is 2.23. The normalized spacial score (nSPS) is 10.2. The van der Waals surface area contributed by atoms with Crippen LogP contribution in [0.15, 0.2) is 60.9 Å². The fourth-order valence-corrected chi connectivity index (χ4v) is 2.23. The van der Waals surface area contributed by atoms with Crippen LogP contribution < -0.4 is 10.6 Å². The molecule has 0 bridgehead atoms. The van der Waals surface area contributed by atoms with Gasteiger partial charge in [0.05, 0.1) is 12.2 Å². The first kappa shape index (κ1) is 17.2. The third-order valence-electron chi connectivity index (χ3n) is 3.59. The molecule has 1 amide bonds. The summed E-state index contributed by atoms with van der Waals surface area (Å²) < 4.78 is 0. The Hall–Kier alpha value is -3.61. The van der Waals surface area contributed by atoms with E-state index in [2.05, 4.69) is 25.6 Å². The molecular formula is C19H17N5O2. The number of carbonyl (C=O) groups is 2. The van der Waals surface area contributed by atoms with Crippen LogP contribution in [-0.4, -0.2) is 26.6 Å². The van der Waals surface area contributed by atoms with Crippen LogP contribution in [0.3, 0.4) is 0 Å². The lowest BCUT2D eigenvalue weighted by Crippen LogP contribution is -2.24. The molecule has 0 aliphatic carbocycles. The standard InChI is InChI=1S/C19H17N5O2/c1-13(25)14-5-7-15(8-6-14)23-19-21-11-9-17(24-19)18(26)22-12-16-4-2-3-10-20-16/h2-11H,12H2,1H3,(H,22,26)(H,21,23,24). The van der Waals surface area contributed by atoms with Gasteiger partial charge in [-0.15, -0.1) is 0 Å². The van der Waals surface area contributed by atoms with Crippen molar-refractivity contribution in [3.63, 3.8) is 0 Å². The molecule has 130 valence electrons. The number of Topliss-reactive ketones (excluding diaryl/α,β-unsaturated/α-hetero) is 1. The molecule has 0 fully saturated rings. The lowest BCUT2D eigenvalue weighted by molar-refractivity contribution is 0.0944. The smallest absolute Gasteiger partial charge is 0.270 e. The van der Waals surface area contributed by atoms with Gasteiger partial charge in [0.2, 0.25) is 5.95 Å². The number of amides is 1. The minimum absolute atomic E-state index is 0.000579. The van der Waals surface area contributed by atoms with E-state index in [0.717, 1.165) is 11.4 Å². The molecule has 0 saturated carbocycles. The molecule has 3 aromatic rings. The van der Waals surface area contributed by atoms with Crippen molar-refractivity contribution < 1.29 is 9.59 Å². The van der Waals surface area contributed by atoms with E-state index in [0.29, 0.717) is 18.1 Å². The molecule has 0 aliphatic heterocycles. The molecule has 2 heterocycles. The number of hydrogen-bond acceptors (Lipinski definition) is 6. The van der Waals surface area contributed by atoms with Crippen molar-refractivity contribution in [2.24, 2.45) is 0 Å². The third kappa shape index (κ3) is 4.47. The van der Waals surface area contributed by atoms with Gasteiger partial charge in [-0.05, 0) is 49.4 Å². The Morgan fingerprint density at radius 3 is 2.46 bits per heavy atom. The predicted octanol–water partition coefficient (Wildman–Crippen LogP) is 2.75. The number of pyridine rings is 1. The van der Waals surface area contributed by atoms with Crippen LogP contribution in [0, 0.1) is 0 Å². The summed E-state index contributed by atoms with van der Waals surface area (Å²) in [6.45, 7) is 1.83. The zero-order valence-corrected chi connectivity index (χ0v) is 14.1. The third-order valence-corrected chi connectivity index (χ3v) is 3.59. The van der Waals surface area contributed by atoms with Gasteiger partial charge in [0.25, 0.3) is 5.91 Å². The van der Waals surface area contributed by atoms with E-state index in [1.807, 2.05) is 18.2 Å². The van der Waals surface area contributed by atoms with Crippen molar-refractivity contribution in [3.05, 3.63) is 77.9 Å². The monoisotopic (exact) mass is 347 g/mol. The summed E-state index contributed by atoms with van der Waals surface area (Å²) in [5.74, 6) is -0.0153. The number of aromatic nitrogens is 3. The zero-order chi connectivity index (χ0) is 18.4. The Balaban J connectivity index is 1.65. The maximum atomic E-state index is 12.2. The molecule has 0 atom stereocenters. The lowest BCUT2D eigenvalue weighted by Gasteiger charge is -2.07. The molecule has 7 heteroatoms. The minimum Gasteiger partial charge on any atom is -0.345 e. The van der Waals surface area contributed by atoms with Crippen LogP contribution >= 0.6 is 0 Å². The Kier molecular flexibility index (Phi) is 5.28. The molecule has 1 aromatic carbocycles. The van der Waals surface area contributed by atoms with Crippen molar-refractivity contribution in [1.82, 2.24) is 20.3 Å². The predicted molar refractivity (Wildman–Crippen MR) is 97.2 cm³/mol. The Labute approximate surface area is 150 Å². The van der Waals surface area contributed by atoms with Crippen LogP contribution in [0.2, 0.25) is 0 Å². The first-order valence-electron chi connectivity index (χ1n) is 8.01. The average Bonchev–Trinajstić information content (AvgIpc) is 2.67. The Morgan fingerprint density at radius 2 is 1.77 bits per heavy atom. The number of hydrogen-bond donors (Lipinski definition) is 2. The van der Waals surface area contributed by atoms with Crippen molar-refractivity contribution in [2.75, 3.05) is 5.32 Å². The van der Waals surface area contributed by atoms with Crippen molar-refractivity contribution >= 4 is 23.3 Å². The summed E-state index contributed by atoms with van der Waals surface area (Å²) in [5.41, 5.74) is 2.36. The van der Waals surface area contributed by atoms with Crippen molar-refractivity contribution in [3.8, 4) is 0 Å². The second-order valence-corrected chi connectivity index (χ2v) is 5.53. The van der Waals surface area contributed by atoms with Gasteiger partial charge in [-0.25, -0.2) is 9.97 Å². The highest BCUT2D eigenvalue weighted by molar-refractivity contribution is 5.94. The van der Waals surface area contributed by atoms with Crippen LogP contribution in [0.5, 0.6) is 0 Å². The van der Waals surface area contributed by atoms with Gasteiger partial charge in [-0.3, -0.25) is 14.6 Å². The van der Waals surface area contributed by atoms with Gasteiger partial charge in [-0.1, -0.05) is 6.07 Å². The van der Waals surface area contributed by atoms with E-state index in [-0.39, 0.29) is 17.4 Å². The molecule has 0 unspecified atom stereocenters. The van der Waals surface area contributed by atoms with E-state index in [1.165, 1.54) is 19.2 Å². The number of rotatable bonds is 6. The van der Waals surface area contributed by atoms with Crippen LogP contribution in [-0.2, 0) is 6.54 Å². The quantitative estimate of drug-likeness (QED) is 0.666. The van der Waals surface area contributed by atoms with Crippen LogP contribution in [0.1, 0.15) is 33.5 Å². The van der Waals surface area contributed by atoms with Crippen molar-refractivity contribution in [2.45, 2.75) is 13.5 Å². The molecule has 0 spiro atoms. The molecule has 26 heavy (non-hydrogen) atoms. The molecule has 0 saturated heterocycles. The summed E-state index contributed by atoms with van der Waals surface area (Å²) >= 11 is 0. The highest BCUT2D eigenvalue weighted by Crippen LogP contribution is 2.14. The zero-order valence-electron chi connectivity index (χ0n) is 14.1. The maximum absolute atomic E-state index is 12.2. The number of nitrogens with zero attached hydrogens (tertiary/aromatic N) is 3. The molecular weight excluding hydrogens is 330 g/mol. The van der Waals surface area contributed by atoms with Gasteiger partial charge in [0.1, 0.15) is 5.69 Å².